The topological polar surface area (TPSA) is 55.8 Å². The Morgan fingerprint density at radius 1 is 0.806 bits per heavy atom. The number of carbonyl (C=O) groups is 1. The van der Waals surface area contributed by atoms with Gasteiger partial charge in [-0.05, 0) is 50.9 Å². The molecular formula is C22H24F10O4. The first-order valence-electron chi connectivity index (χ1n) is 11.2. The SMILES string of the molecule is C=C(C)C(=O)OC12CC3CC(CC(OCC4(F)C(F)(F)C(F)(F)C(F)(CO)C(F)(F)C4(F)F)(C3)C1)C2. The van der Waals surface area contributed by atoms with Crippen molar-refractivity contribution < 1.29 is 63.3 Å². The number of ether oxygens (including phenoxy) is 2. The number of halogens is 10. The average molecular weight is 542 g/mol. The van der Waals surface area contributed by atoms with Gasteiger partial charge in [-0.1, -0.05) is 6.58 Å². The van der Waals surface area contributed by atoms with E-state index in [1.807, 2.05) is 0 Å². The Bertz CT molecular complexity index is 922. The van der Waals surface area contributed by atoms with Crippen molar-refractivity contribution in [3.8, 4) is 0 Å². The predicted molar refractivity (Wildman–Crippen MR) is 102 cm³/mol. The Morgan fingerprint density at radius 3 is 1.64 bits per heavy atom. The van der Waals surface area contributed by atoms with Crippen LogP contribution < -0.4 is 0 Å². The van der Waals surface area contributed by atoms with Crippen molar-refractivity contribution in [1.82, 2.24) is 0 Å². The molecule has 0 aromatic heterocycles. The van der Waals surface area contributed by atoms with Gasteiger partial charge in [-0.15, -0.1) is 0 Å². The monoisotopic (exact) mass is 542 g/mol. The largest absolute Gasteiger partial charge is 0.456 e. The van der Waals surface area contributed by atoms with Crippen molar-refractivity contribution in [2.24, 2.45) is 11.8 Å². The van der Waals surface area contributed by atoms with Crippen molar-refractivity contribution >= 4 is 5.97 Å². The molecular weight excluding hydrogens is 518 g/mol. The smallest absolute Gasteiger partial charge is 0.355 e. The number of hydrogen-bond acceptors (Lipinski definition) is 4. The van der Waals surface area contributed by atoms with E-state index >= 15 is 4.39 Å². The highest BCUT2D eigenvalue weighted by atomic mass is 19.4. The maximum atomic E-state index is 15.4. The number of alkyl halides is 10. The highest BCUT2D eigenvalue weighted by Gasteiger charge is 2.99. The van der Waals surface area contributed by atoms with E-state index in [4.69, 9.17) is 14.6 Å². The van der Waals surface area contributed by atoms with Crippen LogP contribution in [0.3, 0.4) is 0 Å². The lowest BCUT2D eigenvalue weighted by atomic mass is 9.52. The summed E-state index contributed by atoms with van der Waals surface area (Å²) in [7, 11) is 0. The molecule has 36 heavy (non-hydrogen) atoms. The quantitative estimate of drug-likeness (QED) is 0.286. The summed E-state index contributed by atoms with van der Waals surface area (Å²) in [5, 5.41) is 8.68. The van der Waals surface area contributed by atoms with E-state index in [1.54, 1.807) is 0 Å². The predicted octanol–water partition coefficient (Wildman–Crippen LogP) is 5.18. The highest BCUT2D eigenvalue weighted by molar-refractivity contribution is 5.87. The summed E-state index contributed by atoms with van der Waals surface area (Å²) in [5.41, 5.74) is -15.2. The Balaban J connectivity index is 1.69. The molecule has 0 spiro atoms. The van der Waals surface area contributed by atoms with Crippen LogP contribution in [0.1, 0.15) is 45.4 Å². The maximum Gasteiger partial charge on any atom is 0.355 e. The molecule has 4 bridgehead atoms. The van der Waals surface area contributed by atoms with Crippen LogP contribution in [-0.2, 0) is 14.3 Å². The zero-order valence-electron chi connectivity index (χ0n) is 19.0. The van der Waals surface area contributed by atoms with Crippen molar-refractivity contribution in [1.29, 1.82) is 0 Å². The highest BCUT2D eigenvalue weighted by Crippen LogP contribution is 2.69. The summed E-state index contributed by atoms with van der Waals surface area (Å²) in [6.07, 6.45) is 0.784. The van der Waals surface area contributed by atoms with Gasteiger partial charge in [-0.2, -0.15) is 35.1 Å². The normalized spacial score (nSPS) is 45.3. The van der Waals surface area contributed by atoms with Gasteiger partial charge in [-0.25, -0.2) is 13.6 Å². The van der Waals surface area contributed by atoms with Crippen LogP contribution in [0.15, 0.2) is 12.2 Å². The van der Waals surface area contributed by atoms with E-state index < -0.39 is 65.4 Å². The van der Waals surface area contributed by atoms with Crippen molar-refractivity contribution in [3.05, 3.63) is 12.2 Å². The van der Waals surface area contributed by atoms with E-state index in [0.29, 0.717) is 6.42 Å². The lowest BCUT2D eigenvalue weighted by Gasteiger charge is -2.61. The molecule has 5 aliphatic carbocycles. The first-order chi connectivity index (χ1) is 16.2. The second-order valence-corrected chi connectivity index (χ2v) is 10.8. The lowest BCUT2D eigenvalue weighted by Crippen LogP contribution is -2.86. The fourth-order valence-corrected chi connectivity index (χ4v) is 6.69. The summed E-state index contributed by atoms with van der Waals surface area (Å²) in [4.78, 5) is 12.1. The summed E-state index contributed by atoms with van der Waals surface area (Å²) < 4.78 is 156. The number of aliphatic hydroxyl groups is 1. The number of hydrogen-bond donors (Lipinski definition) is 1. The zero-order chi connectivity index (χ0) is 27.4. The molecule has 0 heterocycles. The summed E-state index contributed by atoms with van der Waals surface area (Å²) in [6.45, 7) is -0.951. The molecule has 0 amide bonds. The molecule has 14 heteroatoms. The molecule has 1 N–H and O–H groups in total. The molecule has 2 atom stereocenters. The fraction of sp³-hybridized carbons (Fsp3) is 0.864. The van der Waals surface area contributed by atoms with Crippen molar-refractivity contribution in [2.75, 3.05) is 13.2 Å². The summed E-state index contributed by atoms with van der Waals surface area (Å²) in [5.74, 6) is -28.3. The van der Waals surface area contributed by atoms with Crippen LogP contribution in [-0.4, -0.2) is 70.5 Å². The molecule has 206 valence electrons. The van der Waals surface area contributed by atoms with Crippen LogP contribution in [0.2, 0.25) is 0 Å². The van der Waals surface area contributed by atoms with Gasteiger partial charge < -0.3 is 14.6 Å². The van der Waals surface area contributed by atoms with Crippen LogP contribution in [0.25, 0.3) is 0 Å². The molecule has 0 radical (unpaired) electrons. The molecule has 2 unspecified atom stereocenters. The molecule has 5 aliphatic rings. The number of rotatable bonds is 6. The van der Waals surface area contributed by atoms with Crippen molar-refractivity contribution in [3.63, 3.8) is 0 Å². The molecule has 0 aliphatic heterocycles. The Morgan fingerprint density at radius 2 is 1.22 bits per heavy atom. The van der Waals surface area contributed by atoms with Gasteiger partial charge in [0.25, 0.3) is 11.3 Å². The minimum Gasteiger partial charge on any atom is -0.456 e. The van der Waals surface area contributed by atoms with Crippen LogP contribution in [0.4, 0.5) is 43.9 Å². The molecule has 5 fully saturated rings. The fourth-order valence-electron chi connectivity index (χ4n) is 6.69. The average Bonchev–Trinajstić information content (AvgIpc) is 2.74. The minimum atomic E-state index is -6.74. The van der Waals surface area contributed by atoms with Crippen LogP contribution in [0.5, 0.6) is 0 Å². The van der Waals surface area contributed by atoms with E-state index in [-0.39, 0.29) is 49.5 Å². The zero-order valence-corrected chi connectivity index (χ0v) is 19.0. The molecule has 0 saturated heterocycles. The van der Waals surface area contributed by atoms with Crippen molar-refractivity contribution in [2.45, 2.75) is 91.7 Å². The maximum absolute atomic E-state index is 15.4. The van der Waals surface area contributed by atoms with E-state index in [2.05, 4.69) is 6.58 Å². The van der Waals surface area contributed by atoms with Gasteiger partial charge in [0.05, 0.1) is 18.8 Å². The minimum absolute atomic E-state index is 0.0213. The summed E-state index contributed by atoms with van der Waals surface area (Å²) >= 11 is 0. The molecule has 5 saturated carbocycles. The third-order valence-corrected chi connectivity index (χ3v) is 8.19. The molecule has 0 aromatic carbocycles. The Kier molecular flexibility index (Phi) is 5.73. The van der Waals surface area contributed by atoms with E-state index in [1.165, 1.54) is 6.92 Å². The summed E-state index contributed by atoms with van der Waals surface area (Å²) in [6, 6.07) is 0. The Hall–Kier alpha value is -1.57. The van der Waals surface area contributed by atoms with E-state index in [9.17, 15) is 44.3 Å². The molecule has 4 nitrogen and oxygen atoms in total. The van der Waals surface area contributed by atoms with Gasteiger partial charge in [0.15, 0.2) is 0 Å². The molecule has 0 aromatic rings. The second kappa shape index (κ2) is 7.51. The number of carbonyl (C=O) groups excluding carboxylic acids is 1. The van der Waals surface area contributed by atoms with Gasteiger partial charge in [-0.3, -0.25) is 0 Å². The third-order valence-electron chi connectivity index (χ3n) is 8.19. The number of aliphatic hydroxyl groups excluding tert-OH is 1. The second-order valence-electron chi connectivity index (χ2n) is 10.8. The first-order valence-corrected chi connectivity index (χ1v) is 11.2. The lowest BCUT2D eigenvalue weighted by molar-refractivity contribution is -0.469. The van der Waals surface area contributed by atoms with Gasteiger partial charge >= 0.3 is 29.7 Å². The van der Waals surface area contributed by atoms with Gasteiger partial charge in [0.2, 0.25) is 0 Å². The standard InChI is InChI=1S/C22H24F10O4/c1-11(2)14(34)36-16-6-12-3-13(7-16)5-15(4-12,8-16)35-10-18(24)21(29,30)19(25,26)17(23,9-33)20(27,28)22(18,31)32/h12-13,33H,1,3-10H2,2H3. The molecule has 5 rings (SSSR count). The van der Waals surface area contributed by atoms with Crippen LogP contribution >= 0.6 is 0 Å². The van der Waals surface area contributed by atoms with Gasteiger partial charge in [0.1, 0.15) is 5.60 Å². The first kappa shape index (κ1) is 27.5. The van der Waals surface area contributed by atoms with Gasteiger partial charge in [0, 0.05) is 12.0 Å². The van der Waals surface area contributed by atoms with E-state index in [0.717, 1.165) is 0 Å². The Labute approximate surface area is 199 Å². The number of esters is 1. The third kappa shape index (κ3) is 3.11. The van der Waals surface area contributed by atoms with Crippen LogP contribution in [0, 0.1) is 11.8 Å².